The molecule has 0 saturated heterocycles. The van der Waals surface area contributed by atoms with E-state index in [9.17, 15) is 14.4 Å². The Bertz CT molecular complexity index is 1120. The fourth-order valence-corrected chi connectivity index (χ4v) is 7.96. The van der Waals surface area contributed by atoms with E-state index in [-0.39, 0.29) is 31.1 Å². The van der Waals surface area contributed by atoms with Crippen molar-refractivity contribution in [1.29, 1.82) is 0 Å². The summed E-state index contributed by atoms with van der Waals surface area (Å²) < 4.78 is 16.8. The molecule has 64 heavy (non-hydrogen) atoms. The van der Waals surface area contributed by atoms with E-state index in [1.165, 1.54) is 154 Å². The summed E-state index contributed by atoms with van der Waals surface area (Å²) >= 11 is 0. The first-order valence-corrected chi connectivity index (χ1v) is 27.6. The Hall–Kier alpha value is -2.63. The van der Waals surface area contributed by atoms with Gasteiger partial charge in [0, 0.05) is 19.3 Å². The van der Waals surface area contributed by atoms with Gasteiger partial charge < -0.3 is 14.2 Å². The number of hydrogen-bond donors (Lipinski definition) is 0. The van der Waals surface area contributed by atoms with E-state index in [0.29, 0.717) is 19.3 Å². The Balaban J connectivity index is 4.29. The van der Waals surface area contributed by atoms with Gasteiger partial charge in [-0.3, -0.25) is 14.4 Å². The fourth-order valence-electron chi connectivity index (χ4n) is 7.96. The smallest absolute Gasteiger partial charge is 0.306 e. The minimum absolute atomic E-state index is 0.0715. The first-order chi connectivity index (χ1) is 31.5. The number of unbranched alkanes of at least 4 members (excludes halogenated alkanes) is 31. The van der Waals surface area contributed by atoms with Gasteiger partial charge in [0.05, 0.1) is 0 Å². The molecule has 0 aromatic carbocycles. The van der Waals surface area contributed by atoms with E-state index >= 15 is 0 Å². The SMILES string of the molecule is CC/C=C\C/C=C\C/C=C\C/C=C\CCCCCCCCCCC(=O)OCC(COC(=O)CCCCCCCCCCCC)OC(=O)CCCCCCCCCCCCCCCCC. The summed E-state index contributed by atoms with van der Waals surface area (Å²) in [4.78, 5) is 38.0. The van der Waals surface area contributed by atoms with Crippen molar-refractivity contribution >= 4 is 17.9 Å². The Morgan fingerprint density at radius 2 is 0.609 bits per heavy atom. The minimum Gasteiger partial charge on any atom is -0.462 e. The van der Waals surface area contributed by atoms with E-state index in [0.717, 1.165) is 89.9 Å². The third kappa shape index (κ3) is 50.4. The molecule has 0 radical (unpaired) electrons. The van der Waals surface area contributed by atoms with Crippen LogP contribution in [0.2, 0.25) is 0 Å². The van der Waals surface area contributed by atoms with Crippen LogP contribution in [0.25, 0.3) is 0 Å². The third-order valence-electron chi connectivity index (χ3n) is 12.1. The quantitative estimate of drug-likeness (QED) is 0.0262. The molecule has 0 heterocycles. The van der Waals surface area contributed by atoms with Crippen molar-refractivity contribution in [1.82, 2.24) is 0 Å². The largest absolute Gasteiger partial charge is 0.462 e. The van der Waals surface area contributed by atoms with E-state index in [1.807, 2.05) is 0 Å². The molecule has 1 unspecified atom stereocenters. The zero-order chi connectivity index (χ0) is 46.5. The van der Waals surface area contributed by atoms with Crippen molar-refractivity contribution in [3.05, 3.63) is 48.6 Å². The van der Waals surface area contributed by atoms with Crippen molar-refractivity contribution in [2.24, 2.45) is 0 Å². The van der Waals surface area contributed by atoms with E-state index in [4.69, 9.17) is 14.2 Å². The highest BCUT2D eigenvalue weighted by Gasteiger charge is 2.19. The summed E-state index contributed by atoms with van der Waals surface area (Å²) in [7, 11) is 0. The monoisotopic (exact) mass is 897 g/mol. The molecule has 0 fully saturated rings. The second-order valence-electron chi connectivity index (χ2n) is 18.5. The molecule has 0 aromatic rings. The topological polar surface area (TPSA) is 78.9 Å². The van der Waals surface area contributed by atoms with Crippen LogP contribution in [0.4, 0.5) is 0 Å². The average Bonchev–Trinajstić information content (AvgIpc) is 3.29. The van der Waals surface area contributed by atoms with Gasteiger partial charge >= 0.3 is 17.9 Å². The Kier molecular flexibility index (Phi) is 50.8. The van der Waals surface area contributed by atoms with Gasteiger partial charge in [-0.25, -0.2) is 0 Å². The van der Waals surface area contributed by atoms with Crippen LogP contribution in [0.1, 0.15) is 284 Å². The van der Waals surface area contributed by atoms with Gasteiger partial charge in [0.2, 0.25) is 0 Å². The summed E-state index contributed by atoms with van der Waals surface area (Å²) in [5.41, 5.74) is 0. The lowest BCUT2D eigenvalue weighted by molar-refractivity contribution is -0.167. The molecular formula is C58H104O6. The van der Waals surface area contributed by atoms with Crippen LogP contribution in [0.5, 0.6) is 0 Å². The number of carbonyl (C=O) groups excluding carboxylic acids is 3. The fraction of sp³-hybridized carbons (Fsp3) is 0.810. The number of esters is 3. The van der Waals surface area contributed by atoms with Crippen LogP contribution in [-0.2, 0) is 28.6 Å². The lowest BCUT2D eigenvalue weighted by Gasteiger charge is -2.18. The number of ether oxygens (including phenoxy) is 3. The van der Waals surface area contributed by atoms with Crippen molar-refractivity contribution in [3.8, 4) is 0 Å². The normalized spacial score (nSPS) is 12.4. The molecule has 0 aliphatic rings. The van der Waals surface area contributed by atoms with Gasteiger partial charge in [0.15, 0.2) is 6.10 Å². The highest BCUT2D eigenvalue weighted by atomic mass is 16.6. The van der Waals surface area contributed by atoms with Crippen LogP contribution in [0, 0.1) is 0 Å². The highest BCUT2D eigenvalue weighted by Crippen LogP contribution is 2.16. The lowest BCUT2D eigenvalue weighted by Crippen LogP contribution is -2.30. The minimum atomic E-state index is -0.771. The maximum Gasteiger partial charge on any atom is 0.306 e. The van der Waals surface area contributed by atoms with Crippen LogP contribution in [-0.4, -0.2) is 37.2 Å². The van der Waals surface area contributed by atoms with Gasteiger partial charge in [0.1, 0.15) is 13.2 Å². The maximum absolute atomic E-state index is 12.8. The molecule has 0 bridgehead atoms. The highest BCUT2D eigenvalue weighted by molar-refractivity contribution is 5.71. The number of allylic oxidation sites excluding steroid dienone is 8. The van der Waals surface area contributed by atoms with Crippen LogP contribution >= 0.6 is 0 Å². The standard InChI is InChI=1S/C58H104O6/c1-4-7-10-13-16-19-22-24-26-27-28-29-30-31-33-34-36-39-42-45-48-51-57(60)63-54-55(53-62-56(59)50-47-44-41-38-21-18-15-12-9-6-3)64-58(61)52-49-46-43-40-37-35-32-25-23-20-17-14-11-8-5-2/h7,10,16,19,24,26,28-29,55H,4-6,8-9,11-15,17-18,20-23,25,27,30-54H2,1-3H3/b10-7-,19-16-,26-24-,29-28-. The number of hydrogen-bond acceptors (Lipinski definition) is 6. The van der Waals surface area contributed by atoms with E-state index < -0.39 is 6.10 Å². The molecular weight excluding hydrogens is 793 g/mol. The van der Waals surface area contributed by atoms with Crippen molar-refractivity contribution < 1.29 is 28.6 Å². The predicted molar refractivity (Wildman–Crippen MR) is 275 cm³/mol. The summed E-state index contributed by atoms with van der Waals surface area (Å²) in [5.74, 6) is -0.868. The van der Waals surface area contributed by atoms with Gasteiger partial charge in [-0.2, -0.15) is 0 Å². The molecule has 6 heteroatoms. The Morgan fingerprint density at radius 1 is 0.328 bits per heavy atom. The van der Waals surface area contributed by atoms with Crippen LogP contribution < -0.4 is 0 Å². The lowest BCUT2D eigenvalue weighted by atomic mass is 10.0. The van der Waals surface area contributed by atoms with E-state index in [1.54, 1.807) is 0 Å². The predicted octanol–water partition coefficient (Wildman–Crippen LogP) is 18.3. The third-order valence-corrected chi connectivity index (χ3v) is 12.1. The molecule has 0 saturated carbocycles. The maximum atomic E-state index is 12.8. The van der Waals surface area contributed by atoms with E-state index in [2.05, 4.69) is 69.4 Å². The van der Waals surface area contributed by atoms with Crippen LogP contribution in [0.15, 0.2) is 48.6 Å². The second kappa shape index (κ2) is 53.0. The molecule has 372 valence electrons. The van der Waals surface area contributed by atoms with Gasteiger partial charge in [0.25, 0.3) is 0 Å². The first kappa shape index (κ1) is 61.4. The van der Waals surface area contributed by atoms with Crippen molar-refractivity contribution in [3.63, 3.8) is 0 Å². The summed E-state index contributed by atoms with van der Waals surface area (Å²) in [5, 5.41) is 0. The molecule has 0 N–H and O–H groups in total. The first-order valence-electron chi connectivity index (χ1n) is 27.6. The average molecular weight is 897 g/mol. The summed E-state index contributed by atoms with van der Waals surface area (Å²) in [6.45, 7) is 6.54. The van der Waals surface area contributed by atoms with Gasteiger partial charge in [-0.1, -0.05) is 256 Å². The molecule has 6 nitrogen and oxygen atoms in total. The zero-order valence-corrected chi connectivity index (χ0v) is 42.6. The summed E-state index contributed by atoms with van der Waals surface area (Å²) in [6, 6.07) is 0. The van der Waals surface area contributed by atoms with Gasteiger partial charge in [-0.05, 0) is 57.8 Å². The summed E-state index contributed by atoms with van der Waals surface area (Å²) in [6.07, 6.45) is 63.8. The Labute approximate surface area is 397 Å². The molecule has 0 spiro atoms. The Morgan fingerprint density at radius 3 is 0.953 bits per heavy atom. The molecule has 0 rings (SSSR count). The molecule has 0 aromatic heterocycles. The molecule has 0 amide bonds. The molecule has 0 aliphatic carbocycles. The second-order valence-corrected chi connectivity index (χ2v) is 18.5. The molecule has 1 atom stereocenters. The van der Waals surface area contributed by atoms with Crippen molar-refractivity contribution in [2.75, 3.05) is 13.2 Å². The number of rotatable bonds is 50. The van der Waals surface area contributed by atoms with Gasteiger partial charge in [-0.15, -0.1) is 0 Å². The zero-order valence-electron chi connectivity index (χ0n) is 42.6. The number of carbonyl (C=O) groups is 3. The van der Waals surface area contributed by atoms with Crippen LogP contribution in [0.3, 0.4) is 0 Å². The van der Waals surface area contributed by atoms with Crippen molar-refractivity contribution in [2.45, 2.75) is 290 Å². The molecule has 0 aliphatic heterocycles.